The summed E-state index contributed by atoms with van der Waals surface area (Å²) in [5.74, 6) is 0. The molecule has 3 heteroatoms. The summed E-state index contributed by atoms with van der Waals surface area (Å²) in [6.45, 7) is 2.18. The lowest BCUT2D eigenvalue weighted by Gasteiger charge is -2.08. The topological polar surface area (TPSA) is 26.0 Å². The van der Waals surface area contributed by atoms with Gasteiger partial charge in [0.05, 0.1) is 0 Å². The Morgan fingerprint density at radius 2 is 2.31 bits per heavy atom. The fraction of sp³-hybridized carbons (Fsp3) is 0.600. The van der Waals surface area contributed by atoms with Crippen molar-refractivity contribution in [1.82, 2.24) is 0 Å². The van der Waals surface area contributed by atoms with Gasteiger partial charge in [-0.1, -0.05) is 13.3 Å². The first-order valence-corrected chi connectivity index (χ1v) is 6.38. The maximum absolute atomic E-state index is 5.93. The molecule has 1 atom stereocenters. The highest BCUT2D eigenvalue weighted by Gasteiger charge is 2.03. The van der Waals surface area contributed by atoms with Gasteiger partial charge < -0.3 is 5.73 Å². The van der Waals surface area contributed by atoms with Crippen LogP contribution in [0.15, 0.2) is 15.9 Å². The zero-order chi connectivity index (χ0) is 9.68. The van der Waals surface area contributed by atoms with Crippen molar-refractivity contribution in [1.29, 1.82) is 0 Å². The molecule has 0 aliphatic heterocycles. The molecular weight excluding hydrogens is 246 g/mol. The Labute approximate surface area is 92.5 Å². The van der Waals surface area contributed by atoms with Crippen LogP contribution in [0.25, 0.3) is 0 Å². The predicted octanol–water partition coefficient (Wildman–Crippen LogP) is 3.57. The smallest absolute Gasteiger partial charge is 0.0285 e. The number of rotatable bonds is 5. The van der Waals surface area contributed by atoms with E-state index in [9.17, 15) is 0 Å². The Kier molecular flexibility index (Phi) is 4.99. The molecule has 0 spiro atoms. The molecule has 74 valence electrons. The second kappa shape index (κ2) is 5.78. The fourth-order valence-corrected chi connectivity index (χ4v) is 2.80. The lowest BCUT2D eigenvalue weighted by molar-refractivity contribution is 0.563. The van der Waals surface area contributed by atoms with E-state index in [1.165, 1.54) is 15.8 Å². The second-order valence-electron chi connectivity index (χ2n) is 3.32. The van der Waals surface area contributed by atoms with Gasteiger partial charge in [0.1, 0.15) is 0 Å². The largest absolute Gasteiger partial charge is 0.328 e. The van der Waals surface area contributed by atoms with E-state index in [4.69, 9.17) is 5.73 Å². The van der Waals surface area contributed by atoms with Crippen LogP contribution in [0.5, 0.6) is 0 Å². The van der Waals surface area contributed by atoms with Crippen molar-refractivity contribution in [2.75, 3.05) is 0 Å². The quantitative estimate of drug-likeness (QED) is 0.862. The van der Waals surface area contributed by atoms with Crippen LogP contribution in [-0.2, 0) is 6.42 Å². The van der Waals surface area contributed by atoms with Gasteiger partial charge in [-0.2, -0.15) is 0 Å². The van der Waals surface area contributed by atoms with Crippen molar-refractivity contribution in [3.8, 4) is 0 Å². The highest BCUT2D eigenvalue weighted by molar-refractivity contribution is 9.10. The molecular formula is C10H16BrNS. The summed E-state index contributed by atoms with van der Waals surface area (Å²) in [5.41, 5.74) is 5.93. The van der Waals surface area contributed by atoms with Crippen LogP contribution < -0.4 is 5.73 Å². The van der Waals surface area contributed by atoms with Crippen LogP contribution in [-0.4, -0.2) is 6.04 Å². The monoisotopic (exact) mass is 261 g/mol. The third-order valence-electron chi connectivity index (χ3n) is 2.04. The first kappa shape index (κ1) is 11.2. The summed E-state index contributed by atoms with van der Waals surface area (Å²) in [5, 5.41) is 2.13. The summed E-state index contributed by atoms with van der Waals surface area (Å²) < 4.78 is 1.19. The van der Waals surface area contributed by atoms with Crippen molar-refractivity contribution >= 4 is 27.3 Å². The van der Waals surface area contributed by atoms with E-state index in [1.807, 2.05) is 11.3 Å². The van der Waals surface area contributed by atoms with Gasteiger partial charge in [-0.05, 0) is 41.3 Å². The average molecular weight is 262 g/mol. The van der Waals surface area contributed by atoms with E-state index in [2.05, 4.69) is 34.3 Å². The van der Waals surface area contributed by atoms with Gasteiger partial charge in [-0.25, -0.2) is 0 Å². The van der Waals surface area contributed by atoms with E-state index in [0.717, 1.165) is 19.3 Å². The maximum Gasteiger partial charge on any atom is 0.0285 e. The molecule has 1 unspecified atom stereocenters. The standard InChI is InChI=1S/C10H16BrNS/c1-2-3-9(12)4-5-10-6-8(11)7-13-10/h6-7,9H,2-5,12H2,1H3. The van der Waals surface area contributed by atoms with Crippen LogP contribution in [0.4, 0.5) is 0 Å². The Hall–Kier alpha value is 0.140. The molecule has 1 heterocycles. The molecule has 0 bridgehead atoms. The molecule has 0 amide bonds. The Bertz CT molecular complexity index is 247. The molecule has 0 fully saturated rings. The Morgan fingerprint density at radius 3 is 2.85 bits per heavy atom. The Balaban J connectivity index is 2.26. The molecule has 0 saturated carbocycles. The van der Waals surface area contributed by atoms with E-state index in [1.54, 1.807) is 0 Å². The number of aryl methyl sites for hydroxylation is 1. The number of halogens is 1. The SMILES string of the molecule is CCCC(N)CCc1cc(Br)cs1. The molecule has 0 aliphatic carbocycles. The first-order chi connectivity index (χ1) is 6.22. The van der Waals surface area contributed by atoms with Gasteiger partial charge >= 0.3 is 0 Å². The minimum Gasteiger partial charge on any atom is -0.328 e. The molecule has 13 heavy (non-hydrogen) atoms. The van der Waals surface area contributed by atoms with E-state index < -0.39 is 0 Å². The number of hydrogen-bond acceptors (Lipinski definition) is 2. The van der Waals surface area contributed by atoms with E-state index in [0.29, 0.717) is 6.04 Å². The molecule has 2 N–H and O–H groups in total. The molecule has 0 aromatic carbocycles. The molecule has 1 aromatic heterocycles. The van der Waals surface area contributed by atoms with Crippen LogP contribution >= 0.6 is 27.3 Å². The summed E-state index contributed by atoms with van der Waals surface area (Å²) >= 11 is 5.26. The van der Waals surface area contributed by atoms with Crippen molar-refractivity contribution in [2.24, 2.45) is 5.73 Å². The third-order valence-corrected chi connectivity index (χ3v) is 3.80. The highest BCUT2D eigenvalue weighted by Crippen LogP contribution is 2.21. The zero-order valence-corrected chi connectivity index (χ0v) is 10.3. The summed E-state index contributed by atoms with van der Waals surface area (Å²) in [7, 11) is 0. The number of hydrogen-bond donors (Lipinski definition) is 1. The molecule has 1 nitrogen and oxygen atoms in total. The van der Waals surface area contributed by atoms with Crippen molar-refractivity contribution in [3.63, 3.8) is 0 Å². The van der Waals surface area contributed by atoms with Crippen molar-refractivity contribution in [3.05, 3.63) is 20.8 Å². The van der Waals surface area contributed by atoms with E-state index in [-0.39, 0.29) is 0 Å². The van der Waals surface area contributed by atoms with Gasteiger partial charge in [0.2, 0.25) is 0 Å². The van der Waals surface area contributed by atoms with Crippen LogP contribution in [0.3, 0.4) is 0 Å². The van der Waals surface area contributed by atoms with Gasteiger partial charge in [0, 0.05) is 20.8 Å². The highest BCUT2D eigenvalue weighted by atomic mass is 79.9. The van der Waals surface area contributed by atoms with Gasteiger partial charge in [-0.3, -0.25) is 0 Å². The average Bonchev–Trinajstić information content (AvgIpc) is 2.49. The van der Waals surface area contributed by atoms with Crippen LogP contribution in [0, 0.1) is 0 Å². The van der Waals surface area contributed by atoms with Crippen LogP contribution in [0.2, 0.25) is 0 Å². The molecule has 0 radical (unpaired) electrons. The van der Waals surface area contributed by atoms with Crippen LogP contribution in [0.1, 0.15) is 31.1 Å². The first-order valence-electron chi connectivity index (χ1n) is 4.71. The summed E-state index contributed by atoms with van der Waals surface area (Å²) in [4.78, 5) is 1.43. The Morgan fingerprint density at radius 1 is 1.54 bits per heavy atom. The summed E-state index contributed by atoms with van der Waals surface area (Å²) in [6, 6.07) is 2.56. The lowest BCUT2D eigenvalue weighted by atomic mass is 10.1. The second-order valence-corrected chi connectivity index (χ2v) is 5.23. The third kappa shape index (κ3) is 4.25. The fourth-order valence-electron chi connectivity index (χ4n) is 1.33. The number of nitrogens with two attached hydrogens (primary N) is 1. The molecule has 1 aromatic rings. The van der Waals surface area contributed by atoms with Gasteiger partial charge in [-0.15, -0.1) is 11.3 Å². The lowest BCUT2D eigenvalue weighted by Crippen LogP contribution is -2.19. The normalized spacial score (nSPS) is 13.2. The summed E-state index contributed by atoms with van der Waals surface area (Å²) in [6.07, 6.45) is 4.57. The van der Waals surface area contributed by atoms with Crippen molar-refractivity contribution < 1.29 is 0 Å². The molecule has 0 aliphatic rings. The minimum atomic E-state index is 0.380. The molecule has 0 saturated heterocycles. The minimum absolute atomic E-state index is 0.380. The maximum atomic E-state index is 5.93. The molecule has 1 rings (SSSR count). The van der Waals surface area contributed by atoms with Gasteiger partial charge in [0.15, 0.2) is 0 Å². The van der Waals surface area contributed by atoms with Crippen molar-refractivity contribution in [2.45, 2.75) is 38.6 Å². The number of thiophene rings is 1. The van der Waals surface area contributed by atoms with E-state index >= 15 is 0 Å². The predicted molar refractivity (Wildman–Crippen MR) is 63.2 cm³/mol. The zero-order valence-electron chi connectivity index (χ0n) is 7.92. The van der Waals surface area contributed by atoms with Gasteiger partial charge in [0.25, 0.3) is 0 Å².